The van der Waals surface area contributed by atoms with Gasteiger partial charge in [0, 0.05) is 11.6 Å². The molecule has 0 amide bonds. The Labute approximate surface area is 119 Å². The number of anilines is 1. The van der Waals surface area contributed by atoms with Crippen molar-refractivity contribution in [2.24, 2.45) is 0 Å². The van der Waals surface area contributed by atoms with Crippen LogP contribution in [0.25, 0.3) is 0 Å². The van der Waals surface area contributed by atoms with E-state index in [1.165, 1.54) is 7.11 Å². The van der Waals surface area contributed by atoms with Gasteiger partial charge in [-0.3, -0.25) is 0 Å². The second kappa shape index (κ2) is 6.75. The third kappa shape index (κ3) is 3.38. The maximum atomic E-state index is 12.0. The van der Waals surface area contributed by atoms with E-state index < -0.39 is 6.04 Å². The summed E-state index contributed by atoms with van der Waals surface area (Å²) < 4.78 is 4.93. The van der Waals surface area contributed by atoms with Crippen LogP contribution in [-0.2, 0) is 9.53 Å². The van der Waals surface area contributed by atoms with Crippen molar-refractivity contribution in [3.63, 3.8) is 0 Å². The molecule has 0 heterocycles. The summed E-state index contributed by atoms with van der Waals surface area (Å²) in [6.45, 7) is 2.02. The molecular weight excluding hydrogens is 250 g/mol. The Kier molecular flexibility index (Phi) is 4.77. The number of esters is 1. The van der Waals surface area contributed by atoms with E-state index >= 15 is 0 Å². The van der Waals surface area contributed by atoms with Crippen LogP contribution in [0, 0.1) is 0 Å². The van der Waals surface area contributed by atoms with E-state index in [0.29, 0.717) is 0 Å². The van der Waals surface area contributed by atoms with Gasteiger partial charge >= 0.3 is 5.97 Å². The Morgan fingerprint density at radius 1 is 1.00 bits per heavy atom. The normalized spacial score (nSPS) is 13.3. The molecule has 0 saturated heterocycles. The van der Waals surface area contributed by atoms with Gasteiger partial charge in [0.05, 0.1) is 7.11 Å². The predicted octanol–water partition coefficient (Wildman–Crippen LogP) is 3.44. The summed E-state index contributed by atoms with van der Waals surface area (Å²) >= 11 is 0. The Morgan fingerprint density at radius 3 is 2.10 bits per heavy atom. The lowest BCUT2D eigenvalue weighted by Crippen LogP contribution is -2.35. The molecule has 0 spiro atoms. The SMILES string of the molecule is COC(=O)[C@@H](Nc1ccccc1)C(C)c1ccccc1. The molecule has 0 aromatic heterocycles. The van der Waals surface area contributed by atoms with Crippen LogP contribution in [0.2, 0.25) is 0 Å². The summed E-state index contributed by atoms with van der Waals surface area (Å²) in [5, 5.41) is 3.25. The highest BCUT2D eigenvalue weighted by Gasteiger charge is 2.26. The second-order valence-corrected chi connectivity index (χ2v) is 4.71. The van der Waals surface area contributed by atoms with E-state index in [9.17, 15) is 4.79 Å². The third-order valence-corrected chi connectivity index (χ3v) is 3.38. The van der Waals surface area contributed by atoms with E-state index in [1.54, 1.807) is 0 Å². The summed E-state index contributed by atoms with van der Waals surface area (Å²) in [5.41, 5.74) is 2.01. The average Bonchev–Trinajstić information content (AvgIpc) is 2.53. The van der Waals surface area contributed by atoms with Crippen LogP contribution in [-0.4, -0.2) is 19.1 Å². The maximum Gasteiger partial charge on any atom is 0.328 e. The summed E-state index contributed by atoms with van der Waals surface area (Å²) in [6, 6.07) is 19.2. The van der Waals surface area contributed by atoms with Crippen LogP contribution in [0.1, 0.15) is 18.4 Å². The van der Waals surface area contributed by atoms with E-state index in [4.69, 9.17) is 4.74 Å². The zero-order valence-electron chi connectivity index (χ0n) is 11.7. The molecule has 0 bridgehead atoms. The molecule has 2 rings (SSSR count). The van der Waals surface area contributed by atoms with Crippen molar-refractivity contribution < 1.29 is 9.53 Å². The molecule has 0 aliphatic heterocycles. The van der Waals surface area contributed by atoms with Gasteiger partial charge in [-0.25, -0.2) is 4.79 Å². The van der Waals surface area contributed by atoms with Gasteiger partial charge in [-0.2, -0.15) is 0 Å². The number of para-hydroxylation sites is 1. The van der Waals surface area contributed by atoms with Crippen molar-refractivity contribution in [1.29, 1.82) is 0 Å². The Balaban J connectivity index is 2.22. The number of methoxy groups -OCH3 is 1. The Morgan fingerprint density at radius 2 is 1.55 bits per heavy atom. The predicted molar refractivity (Wildman–Crippen MR) is 80.7 cm³/mol. The first-order valence-electron chi connectivity index (χ1n) is 6.66. The first kappa shape index (κ1) is 14.1. The van der Waals surface area contributed by atoms with Gasteiger partial charge in [-0.1, -0.05) is 55.5 Å². The highest BCUT2D eigenvalue weighted by atomic mass is 16.5. The number of benzene rings is 2. The van der Waals surface area contributed by atoms with Crippen LogP contribution in [0.15, 0.2) is 60.7 Å². The quantitative estimate of drug-likeness (QED) is 0.845. The van der Waals surface area contributed by atoms with Gasteiger partial charge < -0.3 is 10.1 Å². The van der Waals surface area contributed by atoms with Crippen molar-refractivity contribution in [1.82, 2.24) is 0 Å². The maximum absolute atomic E-state index is 12.0. The van der Waals surface area contributed by atoms with Crippen molar-refractivity contribution >= 4 is 11.7 Å². The number of rotatable bonds is 5. The molecule has 2 atom stereocenters. The zero-order valence-corrected chi connectivity index (χ0v) is 11.7. The van der Waals surface area contributed by atoms with Crippen LogP contribution >= 0.6 is 0 Å². The molecule has 1 N–H and O–H groups in total. The summed E-state index contributed by atoms with van der Waals surface area (Å²) in [4.78, 5) is 12.0. The fourth-order valence-corrected chi connectivity index (χ4v) is 2.18. The fraction of sp³-hybridized carbons (Fsp3) is 0.235. The second-order valence-electron chi connectivity index (χ2n) is 4.71. The van der Waals surface area contributed by atoms with Gasteiger partial charge in [-0.05, 0) is 17.7 Å². The van der Waals surface area contributed by atoms with Crippen molar-refractivity contribution in [3.05, 3.63) is 66.2 Å². The minimum atomic E-state index is -0.412. The third-order valence-electron chi connectivity index (χ3n) is 3.38. The molecule has 1 unspecified atom stereocenters. The van der Waals surface area contributed by atoms with E-state index in [0.717, 1.165) is 11.3 Å². The zero-order chi connectivity index (χ0) is 14.4. The number of hydrogen-bond donors (Lipinski definition) is 1. The molecule has 0 radical (unpaired) electrons. The van der Waals surface area contributed by atoms with Crippen molar-refractivity contribution in [2.45, 2.75) is 18.9 Å². The number of carbonyl (C=O) groups excluding carboxylic acids is 1. The number of carbonyl (C=O) groups is 1. The van der Waals surface area contributed by atoms with E-state index in [2.05, 4.69) is 5.32 Å². The Hall–Kier alpha value is -2.29. The minimum absolute atomic E-state index is 0.0175. The van der Waals surface area contributed by atoms with Gasteiger partial charge in [0.2, 0.25) is 0 Å². The molecule has 3 nitrogen and oxygen atoms in total. The molecule has 0 saturated carbocycles. The molecular formula is C17H19NO2. The van der Waals surface area contributed by atoms with Gasteiger partial charge in [0.15, 0.2) is 0 Å². The molecule has 0 aliphatic rings. The number of ether oxygens (including phenoxy) is 1. The minimum Gasteiger partial charge on any atom is -0.467 e. The standard InChI is InChI=1S/C17H19NO2/c1-13(14-9-5-3-6-10-14)16(17(19)20-2)18-15-11-7-4-8-12-15/h3-13,16,18H,1-2H3/t13?,16-/m0/s1. The van der Waals surface area contributed by atoms with Crippen LogP contribution in [0.5, 0.6) is 0 Å². The molecule has 2 aromatic carbocycles. The van der Waals surface area contributed by atoms with Crippen LogP contribution in [0.3, 0.4) is 0 Å². The van der Waals surface area contributed by atoms with Crippen LogP contribution in [0.4, 0.5) is 5.69 Å². The van der Waals surface area contributed by atoms with Crippen LogP contribution < -0.4 is 5.32 Å². The lowest BCUT2D eigenvalue weighted by atomic mass is 9.93. The van der Waals surface area contributed by atoms with Gasteiger partial charge in [-0.15, -0.1) is 0 Å². The number of hydrogen-bond acceptors (Lipinski definition) is 3. The molecule has 20 heavy (non-hydrogen) atoms. The van der Waals surface area contributed by atoms with E-state index in [1.807, 2.05) is 67.6 Å². The summed E-state index contributed by atoms with van der Waals surface area (Å²) in [7, 11) is 1.42. The van der Waals surface area contributed by atoms with Gasteiger partial charge in [0.1, 0.15) is 6.04 Å². The fourth-order valence-electron chi connectivity index (χ4n) is 2.18. The van der Waals surface area contributed by atoms with Gasteiger partial charge in [0.25, 0.3) is 0 Å². The lowest BCUT2D eigenvalue weighted by molar-refractivity contribution is -0.142. The highest BCUT2D eigenvalue weighted by Crippen LogP contribution is 2.23. The van der Waals surface area contributed by atoms with E-state index in [-0.39, 0.29) is 11.9 Å². The molecule has 0 fully saturated rings. The molecule has 2 aromatic rings. The monoisotopic (exact) mass is 269 g/mol. The topological polar surface area (TPSA) is 38.3 Å². The lowest BCUT2D eigenvalue weighted by Gasteiger charge is -2.24. The smallest absolute Gasteiger partial charge is 0.328 e. The molecule has 0 aliphatic carbocycles. The summed E-state index contributed by atoms with van der Waals surface area (Å²) in [5.74, 6) is -0.242. The average molecular weight is 269 g/mol. The molecule has 104 valence electrons. The molecule has 3 heteroatoms. The van der Waals surface area contributed by atoms with Crippen molar-refractivity contribution in [3.8, 4) is 0 Å². The summed E-state index contributed by atoms with van der Waals surface area (Å²) in [6.07, 6.45) is 0. The van der Waals surface area contributed by atoms with Crippen molar-refractivity contribution in [2.75, 3.05) is 12.4 Å². The highest BCUT2D eigenvalue weighted by molar-refractivity contribution is 5.80. The first-order valence-corrected chi connectivity index (χ1v) is 6.66. The Bertz CT molecular complexity index is 539. The first-order chi connectivity index (χ1) is 9.72. The largest absolute Gasteiger partial charge is 0.467 e. The number of nitrogens with one attached hydrogen (secondary N) is 1.